The average molecular weight is 259 g/mol. The molecule has 1 saturated carbocycles. The van der Waals surface area contributed by atoms with Gasteiger partial charge in [-0.1, -0.05) is 30.3 Å². The van der Waals surface area contributed by atoms with Crippen LogP contribution in [-0.4, -0.2) is 34.7 Å². The van der Waals surface area contributed by atoms with Crippen molar-refractivity contribution in [3.05, 3.63) is 35.9 Å². The Balaban J connectivity index is 1.65. The zero-order valence-corrected chi connectivity index (χ0v) is 10.6. The Hall–Kier alpha value is -1.39. The van der Waals surface area contributed by atoms with Crippen molar-refractivity contribution in [1.82, 2.24) is 4.90 Å². The fraction of sp³-hybridized carbons (Fsp3) is 0.533. The highest BCUT2D eigenvalue weighted by atomic mass is 16.5. The number of nitrogens with zero attached hydrogens (tertiary/aromatic N) is 1. The number of rotatable bonds is 1. The lowest BCUT2D eigenvalue weighted by atomic mass is 9.94. The summed E-state index contributed by atoms with van der Waals surface area (Å²) in [6.07, 6.45) is 0.818. The zero-order valence-electron chi connectivity index (χ0n) is 10.6. The fourth-order valence-electron chi connectivity index (χ4n) is 3.95. The number of aliphatic hydroxyl groups is 1. The van der Waals surface area contributed by atoms with Gasteiger partial charge in [0.05, 0.1) is 18.8 Å². The largest absolute Gasteiger partial charge is 0.393 e. The van der Waals surface area contributed by atoms with E-state index in [-0.39, 0.29) is 36.1 Å². The highest BCUT2D eigenvalue weighted by molar-refractivity contribution is 5.83. The predicted molar refractivity (Wildman–Crippen MR) is 68.0 cm³/mol. The standard InChI is InChI=1S/C15H17NO3/c17-10-6-11-12(7-10)14(18)16-13(11)8-19-15(16)9-4-2-1-3-5-9/h1-5,10-13,15,17H,6-8H2/t10?,11-,12?,13?,15-/m0/s1. The average Bonchev–Trinajstić information content (AvgIpc) is 3.06. The predicted octanol–water partition coefficient (Wildman–Crippen LogP) is 1.31. The Morgan fingerprint density at radius 1 is 1.21 bits per heavy atom. The molecule has 1 aliphatic carbocycles. The van der Waals surface area contributed by atoms with Crippen molar-refractivity contribution >= 4 is 5.91 Å². The number of ether oxygens (including phenoxy) is 1. The Morgan fingerprint density at radius 2 is 2.00 bits per heavy atom. The maximum Gasteiger partial charge on any atom is 0.228 e. The Labute approximate surface area is 112 Å². The SMILES string of the molecule is O=C1C2CC(O)C[C@@H]2C2CO[C@@H](c3ccccc3)N12. The van der Waals surface area contributed by atoms with Crippen LogP contribution in [0.4, 0.5) is 0 Å². The van der Waals surface area contributed by atoms with Crippen molar-refractivity contribution in [3.8, 4) is 0 Å². The van der Waals surface area contributed by atoms with E-state index >= 15 is 0 Å². The number of hydrogen-bond acceptors (Lipinski definition) is 3. The summed E-state index contributed by atoms with van der Waals surface area (Å²) in [6.45, 7) is 0.596. The summed E-state index contributed by atoms with van der Waals surface area (Å²) >= 11 is 0. The molecule has 4 nitrogen and oxygen atoms in total. The molecule has 1 amide bonds. The molecule has 1 aromatic rings. The van der Waals surface area contributed by atoms with Crippen LogP contribution in [0.3, 0.4) is 0 Å². The van der Waals surface area contributed by atoms with Crippen molar-refractivity contribution in [2.75, 3.05) is 6.61 Å². The maximum atomic E-state index is 12.5. The smallest absolute Gasteiger partial charge is 0.228 e. The lowest BCUT2D eigenvalue weighted by Gasteiger charge is -2.24. The normalized spacial score (nSPS) is 40.6. The first-order valence-corrected chi connectivity index (χ1v) is 6.92. The third-order valence-electron chi connectivity index (χ3n) is 4.77. The molecule has 0 radical (unpaired) electrons. The molecular formula is C15H17NO3. The van der Waals surface area contributed by atoms with Gasteiger partial charge in [-0.2, -0.15) is 0 Å². The topological polar surface area (TPSA) is 49.8 Å². The summed E-state index contributed by atoms with van der Waals surface area (Å²) in [5.41, 5.74) is 1.04. The van der Waals surface area contributed by atoms with Gasteiger partial charge in [0, 0.05) is 11.5 Å². The van der Waals surface area contributed by atoms with Gasteiger partial charge >= 0.3 is 0 Å². The highest BCUT2D eigenvalue weighted by Crippen LogP contribution is 2.49. The summed E-state index contributed by atoms with van der Waals surface area (Å²) in [4.78, 5) is 14.4. The van der Waals surface area contributed by atoms with Gasteiger partial charge in [0.15, 0.2) is 6.23 Å². The third kappa shape index (κ3) is 1.56. The fourth-order valence-corrected chi connectivity index (χ4v) is 3.95. The van der Waals surface area contributed by atoms with Crippen LogP contribution < -0.4 is 0 Å². The summed E-state index contributed by atoms with van der Waals surface area (Å²) in [6, 6.07) is 10.1. The summed E-state index contributed by atoms with van der Waals surface area (Å²) in [5.74, 6) is 0.448. The number of hydrogen-bond donors (Lipinski definition) is 1. The van der Waals surface area contributed by atoms with Gasteiger partial charge in [-0.15, -0.1) is 0 Å². The number of aliphatic hydroxyl groups excluding tert-OH is 1. The summed E-state index contributed by atoms with van der Waals surface area (Å²) in [7, 11) is 0. The maximum absolute atomic E-state index is 12.5. The van der Waals surface area contributed by atoms with Crippen molar-refractivity contribution in [2.24, 2.45) is 11.8 Å². The molecule has 100 valence electrons. The van der Waals surface area contributed by atoms with Gasteiger partial charge in [-0.25, -0.2) is 0 Å². The molecule has 4 rings (SSSR count). The van der Waals surface area contributed by atoms with Crippen LogP contribution in [0.15, 0.2) is 30.3 Å². The molecule has 5 atom stereocenters. The second kappa shape index (κ2) is 4.05. The molecule has 3 unspecified atom stereocenters. The van der Waals surface area contributed by atoms with Crippen LogP contribution in [-0.2, 0) is 9.53 Å². The van der Waals surface area contributed by atoms with E-state index in [1.54, 1.807) is 0 Å². The Bertz CT molecular complexity index is 503. The molecule has 2 heterocycles. The lowest BCUT2D eigenvalue weighted by Crippen LogP contribution is -2.34. The minimum atomic E-state index is -0.308. The third-order valence-corrected chi connectivity index (χ3v) is 4.77. The van der Waals surface area contributed by atoms with Crippen LogP contribution in [0.1, 0.15) is 24.6 Å². The van der Waals surface area contributed by atoms with Gasteiger partial charge in [-0.05, 0) is 18.8 Å². The molecule has 3 aliphatic rings. The van der Waals surface area contributed by atoms with Gasteiger partial charge in [-0.3, -0.25) is 4.79 Å². The van der Waals surface area contributed by atoms with E-state index in [9.17, 15) is 9.90 Å². The van der Waals surface area contributed by atoms with Gasteiger partial charge < -0.3 is 14.7 Å². The second-order valence-corrected chi connectivity index (χ2v) is 5.80. The highest BCUT2D eigenvalue weighted by Gasteiger charge is 2.57. The molecule has 0 bridgehead atoms. The van der Waals surface area contributed by atoms with E-state index in [0.717, 1.165) is 12.0 Å². The lowest BCUT2D eigenvalue weighted by molar-refractivity contribution is -0.137. The zero-order chi connectivity index (χ0) is 13.0. The number of fused-ring (bicyclic) bond motifs is 3. The van der Waals surface area contributed by atoms with Gasteiger partial charge in [0.25, 0.3) is 0 Å². The molecule has 1 N–H and O–H groups in total. The van der Waals surface area contributed by atoms with E-state index in [2.05, 4.69) is 0 Å². The van der Waals surface area contributed by atoms with Gasteiger partial charge in [0.2, 0.25) is 5.91 Å². The molecule has 3 fully saturated rings. The van der Waals surface area contributed by atoms with Crippen molar-refractivity contribution < 1.29 is 14.6 Å². The number of carbonyl (C=O) groups is 1. The van der Waals surface area contributed by atoms with Crippen LogP contribution in [0.5, 0.6) is 0 Å². The molecule has 4 heteroatoms. The van der Waals surface area contributed by atoms with Crippen molar-refractivity contribution in [2.45, 2.75) is 31.2 Å². The summed E-state index contributed by atoms with van der Waals surface area (Å²) < 4.78 is 5.84. The second-order valence-electron chi connectivity index (χ2n) is 5.80. The van der Waals surface area contributed by atoms with Crippen LogP contribution in [0.2, 0.25) is 0 Å². The van der Waals surface area contributed by atoms with Crippen LogP contribution in [0.25, 0.3) is 0 Å². The first-order valence-electron chi connectivity index (χ1n) is 6.92. The molecular weight excluding hydrogens is 242 g/mol. The van der Waals surface area contributed by atoms with E-state index in [0.29, 0.717) is 13.0 Å². The molecule has 1 aromatic carbocycles. The molecule has 0 aromatic heterocycles. The van der Waals surface area contributed by atoms with E-state index < -0.39 is 0 Å². The van der Waals surface area contributed by atoms with E-state index in [1.807, 2.05) is 35.2 Å². The number of benzene rings is 1. The van der Waals surface area contributed by atoms with E-state index in [1.165, 1.54) is 0 Å². The number of carbonyl (C=O) groups excluding carboxylic acids is 1. The van der Waals surface area contributed by atoms with Gasteiger partial charge in [0.1, 0.15) is 0 Å². The van der Waals surface area contributed by atoms with Crippen LogP contribution in [0, 0.1) is 11.8 Å². The quantitative estimate of drug-likeness (QED) is 0.827. The Morgan fingerprint density at radius 3 is 2.79 bits per heavy atom. The first kappa shape index (κ1) is 11.4. The molecule has 2 aliphatic heterocycles. The monoisotopic (exact) mass is 259 g/mol. The Kier molecular flexibility index (Phi) is 2.44. The minimum Gasteiger partial charge on any atom is -0.393 e. The molecule has 0 spiro atoms. The number of amides is 1. The molecule has 2 saturated heterocycles. The van der Waals surface area contributed by atoms with Crippen molar-refractivity contribution in [3.63, 3.8) is 0 Å². The first-order chi connectivity index (χ1) is 9.25. The van der Waals surface area contributed by atoms with E-state index in [4.69, 9.17) is 4.74 Å². The molecule has 19 heavy (non-hydrogen) atoms. The summed E-state index contributed by atoms with van der Waals surface area (Å²) in [5, 5.41) is 9.74. The van der Waals surface area contributed by atoms with Crippen molar-refractivity contribution in [1.29, 1.82) is 0 Å². The van der Waals surface area contributed by atoms with Crippen LogP contribution >= 0.6 is 0 Å². The minimum absolute atomic E-state index is 0.00936.